The van der Waals surface area contributed by atoms with E-state index in [2.05, 4.69) is 103 Å². The monoisotopic (exact) mass is 1090 g/mol. The maximum Gasteiger partial charge on any atom is 0.397 e. The molecule has 1 saturated heterocycles. The van der Waals surface area contributed by atoms with Crippen molar-refractivity contribution in [3.63, 3.8) is 0 Å². The molecule has 1 rings (SSSR count). The molecule has 440 valence electrons. The van der Waals surface area contributed by atoms with E-state index in [-0.39, 0.29) is 19.6 Å². The molecule has 0 aromatic carbocycles. The number of hydrogen-bond donors (Lipinski definition) is 4. The standard InChI is InChI=1S/C63H110O12S/c1-3-5-7-9-11-13-15-17-19-21-23-25-27-29-30-32-34-36-38-40-42-44-46-48-50-52-59(65)73-57(56-72-63-61(67)62(75-76(68,69)70)60(66)58(54-64)74-63)55-71-53-51-49-47-45-43-41-39-37-35-33-31-28-26-24-22-20-18-16-14-12-10-8-6-4-2/h5,7,11,13,17,19,23,25,29-30,34,36,40,42,57-58,60-64,66-67H,3-4,6,8-10,12,14-16,18,20-22,24,26-28,31-33,35,37-39,41,43-56H2,1-2H3,(H,68,69,70)/b7-5-,13-11-,19-17-,25-23-,30-29-,36-34-,42-40-. The number of hydrogen-bond acceptors (Lipinski definition) is 11. The molecule has 0 radical (unpaired) electrons. The van der Waals surface area contributed by atoms with E-state index in [4.69, 9.17) is 18.9 Å². The summed E-state index contributed by atoms with van der Waals surface area (Å²) < 4.78 is 59.5. The molecular formula is C63H110O12S. The lowest BCUT2D eigenvalue weighted by Gasteiger charge is -2.41. The fourth-order valence-corrected chi connectivity index (χ4v) is 9.52. The smallest absolute Gasteiger partial charge is 0.397 e. The number of esters is 1. The van der Waals surface area contributed by atoms with Crippen molar-refractivity contribution in [3.05, 3.63) is 85.1 Å². The lowest BCUT2D eigenvalue weighted by molar-refractivity contribution is -0.301. The van der Waals surface area contributed by atoms with Crippen LogP contribution in [0.25, 0.3) is 0 Å². The number of aliphatic hydroxyl groups excluding tert-OH is 3. The third-order valence-corrected chi connectivity index (χ3v) is 14.0. The zero-order valence-corrected chi connectivity index (χ0v) is 48.6. The molecule has 0 bridgehead atoms. The minimum absolute atomic E-state index is 0.0203. The van der Waals surface area contributed by atoms with Gasteiger partial charge in [-0.3, -0.25) is 9.35 Å². The van der Waals surface area contributed by atoms with Crippen LogP contribution < -0.4 is 0 Å². The Morgan fingerprint density at radius 1 is 0.513 bits per heavy atom. The van der Waals surface area contributed by atoms with Gasteiger partial charge in [0.1, 0.15) is 30.5 Å². The van der Waals surface area contributed by atoms with Crippen molar-refractivity contribution >= 4 is 16.4 Å². The molecule has 1 heterocycles. The highest BCUT2D eigenvalue weighted by Gasteiger charge is 2.48. The van der Waals surface area contributed by atoms with E-state index >= 15 is 0 Å². The highest BCUT2D eigenvalue weighted by molar-refractivity contribution is 7.80. The Morgan fingerprint density at radius 2 is 0.908 bits per heavy atom. The molecule has 4 N–H and O–H groups in total. The lowest BCUT2D eigenvalue weighted by Crippen LogP contribution is -2.60. The van der Waals surface area contributed by atoms with Crippen LogP contribution in [-0.2, 0) is 38.3 Å². The second kappa shape index (κ2) is 53.0. The molecule has 0 spiro atoms. The van der Waals surface area contributed by atoms with E-state index in [9.17, 15) is 33.1 Å². The van der Waals surface area contributed by atoms with Crippen molar-refractivity contribution in [2.24, 2.45) is 0 Å². The number of unbranched alkanes of at least 4 members (excludes halogenated alkanes) is 26. The summed E-state index contributed by atoms with van der Waals surface area (Å²) in [6.45, 7) is 3.87. The summed E-state index contributed by atoms with van der Waals surface area (Å²) in [6.07, 6.45) is 63.4. The summed E-state index contributed by atoms with van der Waals surface area (Å²) in [5.41, 5.74) is 0. The van der Waals surface area contributed by atoms with Gasteiger partial charge in [0.05, 0.1) is 19.8 Å². The maximum absolute atomic E-state index is 13.0. The predicted octanol–water partition coefficient (Wildman–Crippen LogP) is 15.5. The van der Waals surface area contributed by atoms with Crippen LogP contribution in [0.1, 0.15) is 245 Å². The van der Waals surface area contributed by atoms with Gasteiger partial charge in [-0.1, -0.05) is 253 Å². The van der Waals surface area contributed by atoms with Crippen LogP contribution in [0.4, 0.5) is 0 Å². The van der Waals surface area contributed by atoms with Crippen LogP contribution in [0.15, 0.2) is 85.1 Å². The first-order valence-corrected chi connectivity index (χ1v) is 31.7. The Labute approximate surface area is 463 Å². The molecule has 0 amide bonds. The molecule has 0 aromatic heterocycles. The lowest BCUT2D eigenvalue weighted by atomic mass is 9.99. The molecule has 0 saturated carbocycles. The van der Waals surface area contributed by atoms with Gasteiger partial charge in [-0.15, -0.1) is 0 Å². The van der Waals surface area contributed by atoms with Crippen LogP contribution in [0.3, 0.4) is 0 Å². The summed E-state index contributed by atoms with van der Waals surface area (Å²) in [4.78, 5) is 13.0. The second-order valence-electron chi connectivity index (χ2n) is 20.6. The first-order chi connectivity index (χ1) is 37.1. The molecule has 13 heteroatoms. The van der Waals surface area contributed by atoms with Crippen LogP contribution in [0.2, 0.25) is 0 Å². The molecule has 6 atom stereocenters. The normalized spacial score (nSPS) is 19.2. The maximum atomic E-state index is 13.0. The third-order valence-electron chi connectivity index (χ3n) is 13.5. The van der Waals surface area contributed by atoms with Crippen molar-refractivity contribution in [2.75, 3.05) is 26.4 Å². The first-order valence-electron chi connectivity index (χ1n) is 30.3. The fraction of sp³-hybridized carbons (Fsp3) is 0.762. The van der Waals surface area contributed by atoms with Crippen molar-refractivity contribution in [3.8, 4) is 0 Å². The Bertz CT molecular complexity index is 1640. The minimum atomic E-state index is -5.08. The number of ether oxygens (including phenoxy) is 4. The SMILES string of the molecule is CC/C=C\C/C=C\C/C=C\C/C=C\C/C=C\C/C=C\C/C=C\CCCCCC(=O)OC(COCCCCCCCCCCCCCCCCCCCCCCCCCC)COC1OC(CO)C(O)C(OS(=O)(=O)O)C1O. The number of carbonyl (C=O) groups excluding carboxylic acids is 1. The van der Waals surface area contributed by atoms with Crippen LogP contribution in [0, 0.1) is 0 Å². The fourth-order valence-electron chi connectivity index (χ4n) is 9.01. The van der Waals surface area contributed by atoms with Gasteiger partial charge < -0.3 is 34.3 Å². The van der Waals surface area contributed by atoms with Crippen molar-refractivity contribution in [2.45, 2.75) is 282 Å². The Balaban J connectivity index is 2.31. The molecule has 0 aromatic rings. The summed E-state index contributed by atoms with van der Waals surface area (Å²) in [6, 6.07) is 0. The van der Waals surface area contributed by atoms with E-state index in [1.54, 1.807) is 0 Å². The van der Waals surface area contributed by atoms with Crippen molar-refractivity contribution < 1.29 is 56.2 Å². The zero-order valence-electron chi connectivity index (χ0n) is 47.8. The number of allylic oxidation sites excluding steroid dienone is 14. The van der Waals surface area contributed by atoms with E-state index in [1.807, 2.05) is 0 Å². The topological polar surface area (TPSA) is 178 Å². The van der Waals surface area contributed by atoms with E-state index in [0.717, 1.165) is 83.5 Å². The largest absolute Gasteiger partial charge is 0.457 e. The van der Waals surface area contributed by atoms with Gasteiger partial charge >= 0.3 is 16.4 Å². The number of carbonyl (C=O) groups is 1. The quantitative estimate of drug-likeness (QED) is 0.0196. The van der Waals surface area contributed by atoms with Crippen LogP contribution in [-0.4, -0.2) is 97.5 Å². The van der Waals surface area contributed by atoms with Gasteiger partial charge in [-0.05, 0) is 70.6 Å². The average molecular weight is 1090 g/mol. The van der Waals surface area contributed by atoms with Gasteiger partial charge in [0.2, 0.25) is 0 Å². The first kappa shape index (κ1) is 71.3. The average Bonchev–Trinajstić information content (AvgIpc) is 3.40. The van der Waals surface area contributed by atoms with Gasteiger partial charge in [0, 0.05) is 13.0 Å². The Kier molecular flexibility index (Phi) is 49.7. The summed E-state index contributed by atoms with van der Waals surface area (Å²) in [5, 5.41) is 30.9. The van der Waals surface area contributed by atoms with Crippen LogP contribution >= 0.6 is 0 Å². The van der Waals surface area contributed by atoms with Crippen molar-refractivity contribution in [1.29, 1.82) is 0 Å². The second-order valence-corrected chi connectivity index (χ2v) is 21.6. The molecule has 1 aliphatic heterocycles. The molecular weight excluding hydrogens is 981 g/mol. The number of aliphatic hydroxyl groups is 3. The minimum Gasteiger partial charge on any atom is -0.457 e. The molecule has 0 aliphatic carbocycles. The van der Waals surface area contributed by atoms with E-state index in [0.29, 0.717) is 13.0 Å². The zero-order chi connectivity index (χ0) is 55.3. The molecule has 6 unspecified atom stereocenters. The summed E-state index contributed by atoms with van der Waals surface area (Å²) in [7, 11) is -5.08. The molecule has 12 nitrogen and oxygen atoms in total. The van der Waals surface area contributed by atoms with E-state index in [1.165, 1.54) is 135 Å². The van der Waals surface area contributed by atoms with Gasteiger partial charge in [0.15, 0.2) is 6.29 Å². The summed E-state index contributed by atoms with van der Waals surface area (Å²) in [5.74, 6) is -0.429. The molecule has 1 fully saturated rings. The third kappa shape index (κ3) is 45.2. The summed E-state index contributed by atoms with van der Waals surface area (Å²) >= 11 is 0. The Hall–Kier alpha value is -2.72. The number of rotatable bonds is 53. The highest BCUT2D eigenvalue weighted by Crippen LogP contribution is 2.26. The highest BCUT2D eigenvalue weighted by atomic mass is 32.3. The molecule has 1 aliphatic rings. The van der Waals surface area contributed by atoms with E-state index < -0.39 is 59.8 Å². The van der Waals surface area contributed by atoms with Crippen molar-refractivity contribution in [1.82, 2.24) is 0 Å². The van der Waals surface area contributed by atoms with Crippen LogP contribution in [0.5, 0.6) is 0 Å². The van der Waals surface area contributed by atoms with Gasteiger partial charge in [-0.2, -0.15) is 8.42 Å². The van der Waals surface area contributed by atoms with Gasteiger partial charge in [0.25, 0.3) is 0 Å². The molecule has 76 heavy (non-hydrogen) atoms. The van der Waals surface area contributed by atoms with Gasteiger partial charge in [-0.25, -0.2) is 4.18 Å². The predicted molar refractivity (Wildman–Crippen MR) is 312 cm³/mol. The Morgan fingerprint density at radius 3 is 1.32 bits per heavy atom.